The van der Waals surface area contributed by atoms with Crippen molar-refractivity contribution in [3.8, 4) is 0 Å². The number of hydrogen-bond acceptors (Lipinski definition) is 6. The molecule has 0 spiro atoms. The predicted octanol–water partition coefficient (Wildman–Crippen LogP) is 2.12. The van der Waals surface area contributed by atoms with Gasteiger partial charge in [-0.15, -0.1) is 0 Å². The lowest BCUT2D eigenvalue weighted by molar-refractivity contribution is -0.384. The molecule has 3 rings (SSSR count). The molecular formula is C19H18N4O5. The molecule has 1 heterocycles. The second-order valence-corrected chi connectivity index (χ2v) is 6.06. The van der Waals surface area contributed by atoms with E-state index >= 15 is 0 Å². The van der Waals surface area contributed by atoms with E-state index in [0.29, 0.717) is 16.7 Å². The summed E-state index contributed by atoms with van der Waals surface area (Å²) in [6.45, 7) is 0.526. The number of carbonyl (C=O) groups excluding carboxylic acids is 1. The number of ether oxygens (including phenoxy) is 1. The Balaban J connectivity index is 1.92. The molecule has 0 atom stereocenters. The van der Waals surface area contributed by atoms with Crippen LogP contribution in [0, 0.1) is 10.1 Å². The maximum absolute atomic E-state index is 12.9. The summed E-state index contributed by atoms with van der Waals surface area (Å²) in [6, 6.07) is 12.4. The van der Waals surface area contributed by atoms with E-state index in [1.165, 1.54) is 36.3 Å². The predicted molar refractivity (Wildman–Crippen MR) is 102 cm³/mol. The van der Waals surface area contributed by atoms with Crippen molar-refractivity contribution < 1.29 is 14.5 Å². The Morgan fingerprint density at radius 1 is 1.25 bits per heavy atom. The van der Waals surface area contributed by atoms with Gasteiger partial charge in [0.25, 0.3) is 17.2 Å². The Labute approximate surface area is 159 Å². The van der Waals surface area contributed by atoms with Crippen LogP contribution >= 0.6 is 0 Å². The van der Waals surface area contributed by atoms with Gasteiger partial charge in [0, 0.05) is 31.4 Å². The van der Waals surface area contributed by atoms with Gasteiger partial charge in [-0.2, -0.15) is 0 Å². The number of para-hydroxylation sites is 1. The highest BCUT2D eigenvalue weighted by Gasteiger charge is 2.19. The van der Waals surface area contributed by atoms with E-state index in [-0.39, 0.29) is 36.5 Å². The molecular weight excluding hydrogens is 364 g/mol. The molecule has 0 radical (unpaired) electrons. The summed E-state index contributed by atoms with van der Waals surface area (Å²) in [7, 11) is 1.51. The highest BCUT2D eigenvalue weighted by atomic mass is 16.6. The van der Waals surface area contributed by atoms with Crippen molar-refractivity contribution >= 4 is 22.5 Å². The van der Waals surface area contributed by atoms with Gasteiger partial charge in [0.2, 0.25) is 0 Å². The van der Waals surface area contributed by atoms with Crippen molar-refractivity contribution in [2.24, 2.45) is 0 Å². The van der Waals surface area contributed by atoms with E-state index < -0.39 is 10.8 Å². The van der Waals surface area contributed by atoms with Gasteiger partial charge in [-0.1, -0.05) is 18.2 Å². The van der Waals surface area contributed by atoms with E-state index in [2.05, 4.69) is 9.97 Å². The van der Waals surface area contributed by atoms with Crippen LogP contribution in [-0.2, 0) is 11.3 Å². The number of nitrogens with zero attached hydrogens (tertiary/aromatic N) is 3. The maximum atomic E-state index is 12.9. The van der Waals surface area contributed by atoms with Crippen LogP contribution in [0.5, 0.6) is 0 Å². The molecule has 0 fully saturated rings. The second-order valence-electron chi connectivity index (χ2n) is 6.06. The SMILES string of the molecule is COCCN(Cc1nc2ccccc2c(=O)[nH]1)C(=O)c1cccc([N+](=O)[O-])c1. The smallest absolute Gasteiger partial charge is 0.270 e. The third-order valence-electron chi connectivity index (χ3n) is 4.16. The van der Waals surface area contributed by atoms with Crippen molar-refractivity contribution in [3.63, 3.8) is 0 Å². The molecule has 1 amide bonds. The van der Waals surface area contributed by atoms with Crippen molar-refractivity contribution in [2.45, 2.75) is 6.54 Å². The van der Waals surface area contributed by atoms with Gasteiger partial charge in [-0.25, -0.2) is 4.98 Å². The van der Waals surface area contributed by atoms with Crippen LogP contribution in [0.4, 0.5) is 5.69 Å². The zero-order valence-electron chi connectivity index (χ0n) is 15.1. The Hall–Kier alpha value is -3.59. The molecule has 28 heavy (non-hydrogen) atoms. The van der Waals surface area contributed by atoms with Gasteiger partial charge in [-0.3, -0.25) is 19.7 Å². The number of rotatable bonds is 7. The number of fused-ring (bicyclic) bond motifs is 1. The number of amides is 1. The quantitative estimate of drug-likeness (QED) is 0.494. The minimum absolute atomic E-state index is 0.0327. The third-order valence-corrected chi connectivity index (χ3v) is 4.16. The lowest BCUT2D eigenvalue weighted by Crippen LogP contribution is -2.34. The zero-order chi connectivity index (χ0) is 20.1. The maximum Gasteiger partial charge on any atom is 0.270 e. The van der Waals surface area contributed by atoms with E-state index in [1.807, 2.05) is 0 Å². The summed E-state index contributed by atoms with van der Waals surface area (Å²) in [5, 5.41) is 11.4. The van der Waals surface area contributed by atoms with E-state index in [4.69, 9.17) is 4.74 Å². The average molecular weight is 382 g/mol. The molecule has 0 aliphatic heterocycles. The van der Waals surface area contributed by atoms with Crippen molar-refractivity contribution in [2.75, 3.05) is 20.3 Å². The molecule has 0 saturated carbocycles. The lowest BCUT2D eigenvalue weighted by Gasteiger charge is -2.22. The summed E-state index contributed by atoms with van der Waals surface area (Å²) in [4.78, 5) is 44.1. The monoisotopic (exact) mass is 382 g/mol. The van der Waals surface area contributed by atoms with E-state index in [0.717, 1.165) is 0 Å². The van der Waals surface area contributed by atoms with Crippen molar-refractivity contribution in [1.82, 2.24) is 14.9 Å². The van der Waals surface area contributed by atoms with Gasteiger partial charge in [0.15, 0.2) is 0 Å². The van der Waals surface area contributed by atoms with E-state index in [9.17, 15) is 19.7 Å². The number of methoxy groups -OCH3 is 1. The van der Waals surface area contributed by atoms with Crippen LogP contribution in [0.15, 0.2) is 53.3 Å². The Kier molecular flexibility index (Phi) is 5.75. The number of nitro groups is 1. The fraction of sp³-hybridized carbons (Fsp3) is 0.211. The number of aromatic amines is 1. The topological polar surface area (TPSA) is 118 Å². The number of H-pyrrole nitrogens is 1. The summed E-state index contributed by atoms with van der Waals surface area (Å²) in [6.07, 6.45) is 0. The number of hydrogen-bond donors (Lipinski definition) is 1. The summed E-state index contributed by atoms with van der Waals surface area (Å²) in [5.41, 5.74) is 0.231. The number of carbonyl (C=O) groups is 1. The number of nitro benzene ring substituents is 1. The van der Waals surface area contributed by atoms with Crippen LogP contribution in [-0.4, -0.2) is 46.0 Å². The minimum Gasteiger partial charge on any atom is -0.383 e. The standard InChI is InChI=1S/C19H18N4O5/c1-28-10-9-22(19(25)13-5-4-6-14(11-13)23(26)27)12-17-20-16-8-3-2-7-15(16)18(24)21-17/h2-8,11H,9-10,12H2,1H3,(H,20,21,24). The first kappa shape index (κ1) is 19.2. The van der Waals surface area contributed by atoms with Gasteiger partial charge < -0.3 is 14.6 Å². The molecule has 1 aromatic heterocycles. The molecule has 0 aliphatic carbocycles. The van der Waals surface area contributed by atoms with Gasteiger partial charge in [-0.05, 0) is 18.2 Å². The van der Waals surface area contributed by atoms with Gasteiger partial charge in [0.1, 0.15) is 5.82 Å². The lowest BCUT2D eigenvalue weighted by atomic mass is 10.1. The molecule has 9 heteroatoms. The summed E-state index contributed by atoms with van der Waals surface area (Å²) in [5.74, 6) is -0.102. The molecule has 0 bridgehead atoms. The largest absolute Gasteiger partial charge is 0.383 e. The van der Waals surface area contributed by atoms with Gasteiger partial charge >= 0.3 is 0 Å². The van der Waals surface area contributed by atoms with E-state index in [1.54, 1.807) is 24.3 Å². The molecule has 0 unspecified atom stereocenters. The molecule has 2 aromatic carbocycles. The molecule has 9 nitrogen and oxygen atoms in total. The molecule has 1 N–H and O–H groups in total. The summed E-state index contributed by atoms with van der Waals surface area (Å²) >= 11 is 0. The highest BCUT2D eigenvalue weighted by Crippen LogP contribution is 2.16. The van der Waals surface area contributed by atoms with Crippen LogP contribution in [0.3, 0.4) is 0 Å². The second kappa shape index (κ2) is 8.40. The van der Waals surface area contributed by atoms with Crippen molar-refractivity contribution in [3.05, 3.63) is 80.4 Å². The average Bonchev–Trinajstić information content (AvgIpc) is 2.70. The zero-order valence-corrected chi connectivity index (χ0v) is 15.1. The Morgan fingerprint density at radius 3 is 2.79 bits per heavy atom. The van der Waals surface area contributed by atoms with Crippen molar-refractivity contribution in [1.29, 1.82) is 0 Å². The third kappa shape index (κ3) is 4.21. The molecule has 0 aliphatic rings. The molecule has 0 saturated heterocycles. The van der Waals surface area contributed by atoms with Gasteiger partial charge in [0.05, 0.1) is 29.0 Å². The first-order valence-corrected chi connectivity index (χ1v) is 8.50. The van der Waals surface area contributed by atoms with Crippen LogP contribution in [0.1, 0.15) is 16.2 Å². The van der Waals surface area contributed by atoms with Crippen LogP contribution in [0.25, 0.3) is 10.9 Å². The first-order chi connectivity index (χ1) is 13.5. The minimum atomic E-state index is -0.557. The number of benzene rings is 2. The first-order valence-electron chi connectivity index (χ1n) is 8.50. The fourth-order valence-electron chi connectivity index (χ4n) is 2.78. The number of nitrogens with one attached hydrogen (secondary N) is 1. The Bertz CT molecular complexity index is 1080. The Morgan fingerprint density at radius 2 is 2.04 bits per heavy atom. The molecule has 144 valence electrons. The molecule has 3 aromatic rings. The normalized spacial score (nSPS) is 10.8. The highest BCUT2D eigenvalue weighted by molar-refractivity contribution is 5.94. The number of aromatic nitrogens is 2. The fourth-order valence-corrected chi connectivity index (χ4v) is 2.78. The summed E-state index contributed by atoms with van der Waals surface area (Å²) < 4.78 is 5.06. The van der Waals surface area contributed by atoms with Crippen LogP contribution in [0.2, 0.25) is 0 Å². The van der Waals surface area contributed by atoms with Crippen LogP contribution < -0.4 is 5.56 Å². The number of non-ortho nitro benzene ring substituents is 1.